The van der Waals surface area contributed by atoms with E-state index in [-0.39, 0.29) is 5.91 Å². The highest BCUT2D eigenvalue weighted by Crippen LogP contribution is 2.16. The molecule has 23 heavy (non-hydrogen) atoms. The van der Waals surface area contributed by atoms with Crippen molar-refractivity contribution in [3.8, 4) is 5.69 Å². The van der Waals surface area contributed by atoms with Gasteiger partial charge in [-0.15, -0.1) is 0 Å². The predicted octanol–water partition coefficient (Wildman–Crippen LogP) is 4.21. The van der Waals surface area contributed by atoms with Crippen LogP contribution in [0.2, 0.25) is 0 Å². The Morgan fingerprint density at radius 3 is 2.48 bits per heavy atom. The zero-order valence-electron chi connectivity index (χ0n) is 12.4. The van der Waals surface area contributed by atoms with Gasteiger partial charge in [0.25, 0.3) is 0 Å². The van der Waals surface area contributed by atoms with E-state index in [9.17, 15) is 4.79 Å². The Labute approximate surface area is 143 Å². The molecule has 0 spiro atoms. The highest BCUT2D eigenvalue weighted by Gasteiger charge is 2.04. The number of carbonyl (C=O) groups excluding carboxylic acids is 1. The number of aryl methyl sites for hydroxylation is 1. The van der Waals surface area contributed by atoms with Crippen molar-refractivity contribution in [2.75, 3.05) is 5.32 Å². The number of nitrogens with one attached hydrogen (secondary N) is 1. The molecule has 2 aromatic carbocycles. The van der Waals surface area contributed by atoms with Gasteiger partial charge in [-0.25, -0.2) is 4.68 Å². The first-order valence-electron chi connectivity index (χ1n) is 7.35. The number of rotatable bonds is 5. The molecule has 0 atom stereocenters. The van der Waals surface area contributed by atoms with Crippen molar-refractivity contribution in [3.63, 3.8) is 0 Å². The number of aromatic nitrogens is 2. The maximum atomic E-state index is 12.0. The Kier molecular flexibility index (Phi) is 4.88. The molecule has 0 bridgehead atoms. The van der Waals surface area contributed by atoms with E-state index >= 15 is 0 Å². The van der Waals surface area contributed by atoms with Crippen molar-refractivity contribution in [3.05, 3.63) is 77.0 Å². The van der Waals surface area contributed by atoms with E-state index < -0.39 is 0 Å². The molecule has 4 nitrogen and oxygen atoms in total. The van der Waals surface area contributed by atoms with Crippen molar-refractivity contribution in [2.45, 2.75) is 12.8 Å². The van der Waals surface area contributed by atoms with E-state index in [4.69, 9.17) is 0 Å². The summed E-state index contributed by atoms with van der Waals surface area (Å²) >= 11 is 3.37. The molecule has 0 fully saturated rings. The van der Waals surface area contributed by atoms with Gasteiger partial charge in [0.1, 0.15) is 0 Å². The van der Waals surface area contributed by atoms with Crippen molar-refractivity contribution < 1.29 is 4.79 Å². The third kappa shape index (κ3) is 4.29. The van der Waals surface area contributed by atoms with E-state index in [1.165, 1.54) is 5.56 Å². The number of benzene rings is 2. The summed E-state index contributed by atoms with van der Waals surface area (Å²) in [6.07, 6.45) is 4.83. The monoisotopic (exact) mass is 369 g/mol. The molecule has 1 aromatic heterocycles. The van der Waals surface area contributed by atoms with Crippen LogP contribution in [0.25, 0.3) is 5.69 Å². The lowest BCUT2D eigenvalue weighted by atomic mass is 10.1. The number of hydrogen-bond acceptors (Lipinski definition) is 2. The fourth-order valence-electron chi connectivity index (χ4n) is 2.27. The first-order valence-corrected chi connectivity index (χ1v) is 8.14. The first-order chi connectivity index (χ1) is 11.2. The molecular weight excluding hydrogens is 354 g/mol. The first kappa shape index (κ1) is 15.5. The van der Waals surface area contributed by atoms with E-state index in [1.807, 2.05) is 60.8 Å². The molecular formula is C18H16BrN3O. The van der Waals surface area contributed by atoms with Gasteiger partial charge in [-0.3, -0.25) is 4.79 Å². The number of halogens is 1. The summed E-state index contributed by atoms with van der Waals surface area (Å²) in [5.74, 6) is 0.0171. The summed E-state index contributed by atoms with van der Waals surface area (Å²) in [5, 5.41) is 7.14. The van der Waals surface area contributed by atoms with E-state index in [0.29, 0.717) is 6.42 Å². The van der Waals surface area contributed by atoms with Crippen molar-refractivity contribution in [2.24, 2.45) is 0 Å². The normalized spacial score (nSPS) is 10.5. The van der Waals surface area contributed by atoms with Gasteiger partial charge in [0.05, 0.1) is 16.4 Å². The zero-order chi connectivity index (χ0) is 16.1. The second kappa shape index (κ2) is 7.24. The Bertz CT molecular complexity index is 782. The van der Waals surface area contributed by atoms with Gasteiger partial charge in [0, 0.05) is 18.3 Å². The summed E-state index contributed by atoms with van der Waals surface area (Å²) in [7, 11) is 0. The van der Waals surface area contributed by atoms with Crippen LogP contribution in [0.3, 0.4) is 0 Å². The lowest BCUT2D eigenvalue weighted by molar-refractivity contribution is -0.116. The quantitative estimate of drug-likeness (QED) is 0.732. The number of anilines is 1. The maximum absolute atomic E-state index is 12.0. The van der Waals surface area contributed by atoms with Crippen LogP contribution in [0.1, 0.15) is 12.0 Å². The summed E-state index contributed by atoms with van der Waals surface area (Å²) in [6.45, 7) is 0. The smallest absolute Gasteiger partial charge is 0.224 e. The molecule has 1 amide bonds. The number of nitrogens with zero attached hydrogens (tertiary/aromatic N) is 2. The Morgan fingerprint density at radius 2 is 1.83 bits per heavy atom. The average molecular weight is 370 g/mol. The molecule has 0 aliphatic heterocycles. The van der Waals surface area contributed by atoms with Crippen LogP contribution in [0.5, 0.6) is 0 Å². The average Bonchev–Trinajstić information content (AvgIpc) is 3.01. The molecule has 0 saturated heterocycles. The molecule has 0 aliphatic rings. The lowest BCUT2D eigenvalue weighted by Crippen LogP contribution is -2.12. The molecule has 3 rings (SSSR count). The number of carbonyl (C=O) groups is 1. The fourth-order valence-corrected chi connectivity index (χ4v) is 2.55. The maximum Gasteiger partial charge on any atom is 0.224 e. The topological polar surface area (TPSA) is 46.9 Å². The zero-order valence-corrected chi connectivity index (χ0v) is 14.0. The summed E-state index contributed by atoms with van der Waals surface area (Å²) < 4.78 is 2.70. The van der Waals surface area contributed by atoms with Gasteiger partial charge < -0.3 is 5.32 Å². The Morgan fingerprint density at radius 1 is 1.09 bits per heavy atom. The standard InChI is InChI=1S/C18H16BrN3O/c19-15-12-20-22(13-15)17-9-7-16(8-10-17)21-18(23)11-6-14-4-2-1-3-5-14/h1-5,7-10,12-13H,6,11H2,(H,21,23). The van der Waals surface area contributed by atoms with Gasteiger partial charge in [0.2, 0.25) is 5.91 Å². The minimum absolute atomic E-state index is 0.0171. The summed E-state index contributed by atoms with van der Waals surface area (Å²) in [5.41, 5.74) is 2.90. The van der Waals surface area contributed by atoms with Gasteiger partial charge in [-0.05, 0) is 52.2 Å². The SMILES string of the molecule is O=C(CCc1ccccc1)Nc1ccc(-n2cc(Br)cn2)cc1. The minimum Gasteiger partial charge on any atom is -0.326 e. The summed E-state index contributed by atoms with van der Waals surface area (Å²) in [6, 6.07) is 17.6. The molecule has 0 aliphatic carbocycles. The van der Waals surface area contributed by atoms with Crippen LogP contribution in [-0.4, -0.2) is 15.7 Å². The molecule has 3 aromatic rings. The van der Waals surface area contributed by atoms with Gasteiger partial charge >= 0.3 is 0 Å². The minimum atomic E-state index is 0.0171. The molecule has 0 radical (unpaired) electrons. The molecule has 0 unspecified atom stereocenters. The largest absolute Gasteiger partial charge is 0.326 e. The number of hydrogen-bond donors (Lipinski definition) is 1. The fraction of sp³-hybridized carbons (Fsp3) is 0.111. The van der Waals surface area contributed by atoms with Gasteiger partial charge in [-0.2, -0.15) is 5.10 Å². The molecule has 5 heteroatoms. The van der Waals surface area contributed by atoms with Crippen molar-refractivity contribution in [1.29, 1.82) is 0 Å². The van der Waals surface area contributed by atoms with E-state index in [2.05, 4.69) is 26.3 Å². The second-order valence-electron chi connectivity index (χ2n) is 5.18. The van der Waals surface area contributed by atoms with Gasteiger partial charge in [0.15, 0.2) is 0 Å². The van der Waals surface area contributed by atoms with E-state index in [1.54, 1.807) is 10.9 Å². The summed E-state index contributed by atoms with van der Waals surface area (Å²) in [4.78, 5) is 12.0. The van der Waals surface area contributed by atoms with Crippen molar-refractivity contribution in [1.82, 2.24) is 9.78 Å². The molecule has 1 N–H and O–H groups in total. The van der Waals surface area contributed by atoms with E-state index in [0.717, 1.165) is 22.3 Å². The molecule has 1 heterocycles. The van der Waals surface area contributed by atoms with Crippen LogP contribution in [0.15, 0.2) is 71.5 Å². The molecule has 116 valence electrons. The predicted molar refractivity (Wildman–Crippen MR) is 94.7 cm³/mol. The van der Waals surface area contributed by atoms with Crippen LogP contribution in [0.4, 0.5) is 5.69 Å². The third-order valence-corrected chi connectivity index (χ3v) is 3.86. The highest BCUT2D eigenvalue weighted by atomic mass is 79.9. The van der Waals surface area contributed by atoms with Gasteiger partial charge in [-0.1, -0.05) is 30.3 Å². The second-order valence-corrected chi connectivity index (χ2v) is 6.10. The van der Waals surface area contributed by atoms with Crippen LogP contribution in [-0.2, 0) is 11.2 Å². The van der Waals surface area contributed by atoms with Crippen LogP contribution < -0.4 is 5.32 Å². The highest BCUT2D eigenvalue weighted by molar-refractivity contribution is 9.10. The Balaban J connectivity index is 1.56. The lowest BCUT2D eigenvalue weighted by Gasteiger charge is -2.07. The number of amides is 1. The molecule has 0 saturated carbocycles. The van der Waals surface area contributed by atoms with Crippen LogP contribution >= 0.6 is 15.9 Å². The third-order valence-electron chi connectivity index (χ3n) is 3.45. The van der Waals surface area contributed by atoms with Crippen LogP contribution in [0, 0.1) is 0 Å². The Hall–Kier alpha value is -2.40. The van der Waals surface area contributed by atoms with Crippen molar-refractivity contribution >= 4 is 27.5 Å².